The zero-order valence-electron chi connectivity index (χ0n) is 13.1. The lowest BCUT2D eigenvalue weighted by Crippen LogP contribution is -2.30. The molecule has 2 amide bonds. The van der Waals surface area contributed by atoms with Gasteiger partial charge in [-0.1, -0.05) is 0 Å². The van der Waals surface area contributed by atoms with Gasteiger partial charge in [0.05, 0.1) is 13.2 Å². The lowest BCUT2D eigenvalue weighted by atomic mass is 10.2. The van der Waals surface area contributed by atoms with Gasteiger partial charge in [0, 0.05) is 38.1 Å². The van der Waals surface area contributed by atoms with E-state index < -0.39 is 0 Å². The van der Waals surface area contributed by atoms with Gasteiger partial charge in [-0.3, -0.25) is 14.6 Å². The van der Waals surface area contributed by atoms with E-state index in [2.05, 4.69) is 15.6 Å². The van der Waals surface area contributed by atoms with E-state index in [0.717, 1.165) is 0 Å². The third-order valence-electron chi connectivity index (χ3n) is 2.73. The Kier molecular flexibility index (Phi) is 8.78. The second kappa shape index (κ2) is 10.7. The minimum Gasteiger partial charge on any atom is -0.380 e. The first kappa shape index (κ1) is 18.1. The Labute approximate surface area is 130 Å². The van der Waals surface area contributed by atoms with E-state index in [1.165, 1.54) is 12.3 Å². The summed E-state index contributed by atoms with van der Waals surface area (Å²) >= 11 is 0. The minimum absolute atomic E-state index is 0.203. The van der Waals surface area contributed by atoms with Gasteiger partial charge < -0.3 is 20.1 Å². The summed E-state index contributed by atoms with van der Waals surface area (Å²) < 4.78 is 10.3. The van der Waals surface area contributed by atoms with Crippen LogP contribution in [0.4, 0.5) is 0 Å². The Bertz CT molecular complexity index is 440. The molecule has 0 spiro atoms. The molecule has 1 rings (SSSR count). The molecule has 0 saturated heterocycles. The predicted molar refractivity (Wildman–Crippen MR) is 81.9 cm³/mol. The number of hydrogen-bond acceptors (Lipinski definition) is 5. The van der Waals surface area contributed by atoms with Crippen LogP contribution >= 0.6 is 0 Å². The number of carbonyl (C=O) groups is 2. The van der Waals surface area contributed by atoms with Crippen LogP contribution in [0.2, 0.25) is 0 Å². The van der Waals surface area contributed by atoms with E-state index in [-0.39, 0.29) is 17.5 Å². The lowest BCUT2D eigenvalue weighted by Gasteiger charge is -2.07. The average Bonchev–Trinajstić information content (AvgIpc) is 2.55. The first-order chi connectivity index (χ1) is 10.7. The van der Waals surface area contributed by atoms with Crippen molar-refractivity contribution in [3.05, 3.63) is 29.6 Å². The largest absolute Gasteiger partial charge is 0.380 e. The standard InChI is InChI=1S/C15H23N3O4/c1-3-21-9-7-17-14(19)12-5-6-16-13(11-12)15(20)18-8-10-22-4-2/h5-6,11H,3-4,7-10H2,1-2H3,(H,17,19)(H,18,20). The third-order valence-corrected chi connectivity index (χ3v) is 2.73. The second-order valence-corrected chi connectivity index (χ2v) is 4.34. The van der Waals surface area contributed by atoms with E-state index in [0.29, 0.717) is 45.1 Å². The maximum Gasteiger partial charge on any atom is 0.269 e. The maximum atomic E-state index is 11.9. The van der Waals surface area contributed by atoms with Crippen LogP contribution in [-0.4, -0.2) is 56.3 Å². The number of aromatic nitrogens is 1. The first-order valence-corrected chi connectivity index (χ1v) is 7.37. The summed E-state index contributed by atoms with van der Waals surface area (Å²) in [5.41, 5.74) is 0.593. The van der Waals surface area contributed by atoms with E-state index >= 15 is 0 Å². The van der Waals surface area contributed by atoms with Gasteiger partial charge in [-0.05, 0) is 26.0 Å². The van der Waals surface area contributed by atoms with Crippen molar-refractivity contribution in [2.75, 3.05) is 39.5 Å². The molecule has 0 aliphatic carbocycles. The summed E-state index contributed by atoms with van der Waals surface area (Å²) in [6.45, 7) is 6.71. The molecule has 0 unspecified atom stereocenters. The van der Waals surface area contributed by atoms with Crippen LogP contribution in [0.1, 0.15) is 34.7 Å². The number of hydrogen-bond donors (Lipinski definition) is 2. The van der Waals surface area contributed by atoms with E-state index in [1.54, 1.807) is 6.07 Å². The third kappa shape index (κ3) is 6.64. The SMILES string of the molecule is CCOCCNC(=O)c1ccnc(C(=O)NCCOCC)c1. The van der Waals surface area contributed by atoms with Gasteiger partial charge in [-0.15, -0.1) is 0 Å². The highest BCUT2D eigenvalue weighted by molar-refractivity contribution is 5.98. The molecule has 0 atom stereocenters. The Hall–Kier alpha value is -1.99. The highest BCUT2D eigenvalue weighted by Crippen LogP contribution is 2.02. The highest BCUT2D eigenvalue weighted by Gasteiger charge is 2.11. The average molecular weight is 309 g/mol. The number of rotatable bonds is 10. The summed E-state index contributed by atoms with van der Waals surface area (Å²) in [6, 6.07) is 3.03. The molecule has 0 saturated carbocycles. The molecule has 1 heterocycles. The predicted octanol–water partition coefficient (Wildman–Crippen LogP) is 0.614. The molecular weight excluding hydrogens is 286 g/mol. The van der Waals surface area contributed by atoms with Crippen LogP contribution in [0, 0.1) is 0 Å². The van der Waals surface area contributed by atoms with Gasteiger partial charge in [-0.2, -0.15) is 0 Å². The molecular formula is C15H23N3O4. The Morgan fingerprint density at radius 1 is 1.05 bits per heavy atom. The molecule has 0 aliphatic heterocycles. The summed E-state index contributed by atoms with van der Waals surface area (Å²) in [5.74, 6) is -0.589. The van der Waals surface area contributed by atoms with E-state index in [4.69, 9.17) is 9.47 Å². The van der Waals surface area contributed by atoms with Gasteiger partial charge >= 0.3 is 0 Å². The number of pyridine rings is 1. The fourth-order valence-corrected chi connectivity index (χ4v) is 1.65. The summed E-state index contributed by atoms with van der Waals surface area (Å²) in [7, 11) is 0. The van der Waals surface area contributed by atoms with Gasteiger partial charge in [-0.25, -0.2) is 0 Å². The zero-order valence-corrected chi connectivity index (χ0v) is 13.1. The van der Waals surface area contributed by atoms with Crippen LogP contribution in [0.15, 0.2) is 18.3 Å². The van der Waals surface area contributed by atoms with E-state index in [9.17, 15) is 9.59 Å². The maximum absolute atomic E-state index is 11.9. The fraction of sp³-hybridized carbons (Fsp3) is 0.533. The Balaban J connectivity index is 2.50. The minimum atomic E-state index is -0.330. The Morgan fingerprint density at radius 2 is 1.64 bits per heavy atom. The number of nitrogens with one attached hydrogen (secondary N) is 2. The number of amides is 2. The van der Waals surface area contributed by atoms with Crippen molar-refractivity contribution < 1.29 is 19.1 Å². The monoisotopic (exact) mass is 309 g/mol. The molecule has 0 radical (unpaired) electrons. The van der Waals surface area contributed by atoms with Crippen molar-refractivity contribution in [1.29, 1.82) is 0 Å². The normalized spacial score (nSPS) is 10.3. The summed E-state index contributed by atoms with van der Waals surface area (Å²) in [5, 5.41) is 5.40. The molecule has 0 bridgehead atoms. The zero-order chi connectivity index (χ0) is 16.2. The molecule has 0 aliphatic rings. The fourth-order valence-electron chi connectivity index (χ4n) is 1.65. The number of carbonyl (C=O) groups excluding carboxylic acids is 2. The van der Waals surface area contributed by atoms with Crippen molar-refractivity contribution in [1.82, 2.24) is 15.6 Å². The first-order valence-electron chi connectivity index (χ1n) is 7.37. The number of ether oxygens (including phenoxy) is 2. The molecule has 122 valence electrons. The van der Waals surface area contributed by atoms with Crippen molar-refractivity contribution in [3.8, 4) is 0 Å². The van der Waals surface area contributed by atoms with Gasteiger partial charge in [0.15, 0.2) is 0 Å². The van der Waals surface area contributed by atoms with Crippen LogP contribution in [0.3, 0.4) is 0 Å². The molecule has 0 fully saturated rings. The van der Waals surface area contributed by atoms with Gasteiger partial charge in [0.1, 0.15) is 5.69 Å². The summed E-state index contributed by atoms with van der Waals surface area (Å²) in [6.07, 6.45) is 1.44. The van der Waals surface area contributed by atoms with Crippen LogP contribution in [0.5, 0.6) is 0 Å². The topological polar surface area (TPSA) is 89.5 Å². The summed E-state index contributed by atoms with van der Waals surface area (Å²) in [4.78, 5) is 27.8. The highest BCUT2D eigenvalue weighted by atomic mass is 16.5. The van der Waals surface area contributed by atoms with E-state index in [1.807, 2.05) is 13.8 Å². The van der Waals surface area contributed by atoms with Crippen molar-refractivity contribution in [2.24, 2.45) is 0 Å². The van der Waals surface area contributed by atoms with Crippen molar-refractivity contribution >= 4 is 11.8 Å². The number of nitrogens with zero attached hydrogens (tertiary/aromatic N) is 1. The Morgan fingerprint density at radius 3 is 2.23 bits per heavy atom. The van der Waals surface area contributed by atoms with Crippen molar-refractivity contribution in [2.45, 2.75) is 13.8 Å². The molecule has 1 aromatic rings. The van der Waals surface area contributed by atoms with Crippen LogP contribution in [-0.2, 0) is 9.47 Å². The molecule has 22 heavy (non-hydrogen) atoms. The molecule has 1 aromatic heterocycles. The molecule has 7 nitrogen and oxygen atoms in total. The molecule has 0 aromatic carbocycles. The molecule has 7 heteroatoms. The molecule has 2 N–H and O–H groups in total. The smallest absolute Gasteiger partial charge is 0.269 e. The van der Waals surface area contributed by atoms with Crippen molar-refractivity contribution in [3.63, 3.8) is 0 Å². The van der Waals surface area contributed by atoms with Crippen LogP contribution in [0.25, 0.3) is 0 Å². The lowest BCUT2D eigenvalue weighted by molar-refractivity contribution is 0.0917. The van der Waals surface area contributed by atoms with Gasteiger partial charge in [0.25, 0.3) is 11.8 Å². The second-order valence-electron chi connectivity index (χ2n) is 4.34. The van der Waals surface area contributed by atoms with Crippen LogP contribution < -0.4 is 10.6 Å². The van der Waals surface area contributed by atoms with Gasteiger partial charge in [0.2, 0.25) is 0 Å². The quantitative estimate of drug-likeness (QED) is 0.618.